The molecule has 0 aliphatic rings. The Kier molecular flexibility index (Phi) is 13.7. The van der Waals surface area contributed by atoms with Gasteiger partial charge < -0.3 is 9.79 Å². The zero-order valence-corrected chi connectivity index (χ0v) is 21.1. The Morgan fingerprint density at radius 1 is 0.429 bits per heavy atom. The second-order valence-corrected chi connectivity index (χ2v) is 6.22. The van der Waals surface area contributed by atoms with Crippen LogP contribution in [0.3, 0.4) is 0 Å². The molecule has 204 valence electrons. The van der Waals surface area contributed by atoms with E-state index >= 15 is 0 Å². The largest absolute Gasteiger partial charge is 2.00 e. The van der Waals surface area contributed by atoms with Crippen molar-refractivity contribution in [1.29, 1.82) is 0 Å². The second kappa shape index (κ2) is 12.0. The van der Waals surface area contributed by atoms with Crippen LogP contribution in [0.2, 0.25) is 0 Å². The van der Waals surface area contributed by atoms with Crippen molar-refractivity contribution in [1.82, 2.24) is 0 Å². The molecule has 27 heteroatoms. The standard InChI is InChI=1S/2C4F9O3P.Ba/c2*5-1(6,3(9,10)11)2(7,8)4(12,13)16-17(14)15;/q;;+2. The van der Waals surface area contributed by atoms with E-state index in [-0.39, 0.29) is 48.9 Å². The minimum absolute atomic E-state index is 0. The van der Waals surface area contributed by atoms with Crippen LogP contribution in [0.5, 0.6) is 0 Å². The molecule has 2 atom stereocenters. The molecule has 6 nitrogen and oxygen atoms in total. The average Bonchev–Trinajstić information content (AvgIpc) is 2.50. The summed E-state index contributed by atoms with van der Waals surface area (Å²) in [6.07, 6.45) is -27.1. The maximum absolute atomic E-state index is 12.2. The van der Waals surface area contributed by atoms with Gasteiger partial charge in [0, 0.05) is 0 Å². The molecule has 0 aromatic rings. The van der Waals surface area contributed by atoms with Crippen molar-refractivity contribution in [2.75, 3.05) is 0 Å². The first-order valence-electron chi connectivity index (χ1n) is 6.41. The van der Waals surface area contributed by atoms with E-state index in [4.69, 9.17) is 0 Å². The summed E-state index contributed by atoms with van der Waals surface area (Å²) < 4.78 is 237. The van der Waals surface area contributed by atoms with E-state index in [9.17, 15) is 97.9 Å². The molecule has 2 unspecified atom stereocenters. The molecule has 0 saturated heterocycles. The molecule has 35 heavy (non-hydrogen) atoms. The summed E-state index contributed by atoms with van der Waals surface area (Å²) in [6.45, 7) is 0. The van der Waals surface area contributed by atoms with Gasteiger partial charge in [-0.1, -0.05) is 9.05 Å². The van der Waals surface area contributed by atoms with Crippen molar-refractivity contribution in [3.63, 3.8) is 0 Å². The van der Waals surface area contributed by atoms with Crippen LogP contribution < -0.4 is 9.79 Å². The third kappa shape index (κ3) is 8.68. The molecule has 0 aromatic carbocycles. The van der Waals surface area contributed by atoms with Gasteiger partial charge in [0.25, 0.3) is 0 Å². The zero-order valence-electron chi connectivity index (χ0n) is 14.9. The second-order valence-electron chi connectivity index (χ2n) is 4.96. The van der Waals surface area contributed by atoms with Gasteiger partial charge in [0.2, 0.25) is 0 Å². The van der Waals surface area contributed by atoms with Crippen LogP contribution in [0.15, 0.2) is 0 Å². The molecule has 0 aromatic heterocycles. The molecular weight excluding hydrogens is 733 g/mol. The Hall–Kier alpha value is 0.351. The third-order valence-corrected chi connectivity index (χ3v) is 3.37. The van der Waals surface area contributed by atoms with Gasteiger partial charge in [0.1, 0.15) is 0 Å². The Balaban J connectivity index is -0.000000569. The summed E-state index contributed by atoms with van der Waals surface area (Å²) in [4.78, 5) is 19.0. The van der Waals surface area contributed by atoms with Crippen molar-refractivity contribution < 1.29 is 107 Å². The molecule has 0 aliphatic heterocycles. The third-order valence-electron chi connectivity index (χ3n) is 2.61. The number of rotatable bonds is 8. The molecule has 0 heterocycles. The quantitative estimate of drug-likeness (QED) is 0.207. The van der Waals surface area contributed by atoms with E-state index in [2.05, 4.69) is 9.05 Å². The molecule has 0 N–H and O–H groups in total. The molecule has 0 aliphatic carbocycles. The maximum Gasteiger partial charge on any atom is 2.00 e. The van der Waals surface area contributed by atoms with Crippen molar-refractivity contribution in [3.05, 3.63) is 0 Å². The fourth-order valence-electron chi connectivity index (χ4n) is 1.02. The number of halogens is 18. The molecule has 0 amide bonds. The van der Waals surface area contributed by atoms with Crippen LogP contribution in [-0.2, 0) is 18.2 Å². The minimum atomic E-state index is -7.17. The molecule has 0 saturated carbocycles. The normalized spacial score (nSPS) is 15.5. The summed E-state index contributed by atoms with van der Waals surface area (Å²) in [5.74, 6) is -28.5. The molecule has 0 spiro atoms. The topological polar surface area (TPSA) is 98.7 Å². The predicted molar refractivity (Wildman–Crippen MR) is 64.9 cm³/mol. The fourth-order valence-corrected chi connectivity index (χ4v) is 1.63. The molecular formula is C8BaF18O6P2+2. The van der Waals surface area contributed by atoms with Crippen molar-refractivity contribution >= 4 is 65.4 Å². The summed E-state index contributed by atoms with van der Waals surface area (Å²) in [6, 6.07) is 0. The Morgan fingerprint density at radius 3 is 0.714 bits per heavy atom. The van der Waals surface area contributed by atoms with E-state index < -0.39 is 64.8 Å². The first-order valence-corrected chi connectivity index (χ1v) is 8.60. The Labute approximate surface area is 219 Å². The summed E-state index contributed by atoms with van der Waals surface area (Å²) in [5.41, 5.74) is 0. The number of alkyl halides is 18. The fraction of sp³-hybridized carbons (Fsp3) is 1.00. The van der Waals surface area contributed by atoms with Crippen LogP contribution >= 0.6 is 16.5 Å². The van der Waals surface area contributed by atoms with Crippen molar-refractivity contribution in [3.8, 4) is 0 Å². The van der Waals surface area contributed by atoms with Gasteiger partial charge in [-0.05, 0) is 9.13 Å². The van der Waals surface area contributed by atoms with E-state index in [1.165, 1.54) is 0 Å². The van der Waals surface area contributed by atoms with Crippen LogP contribution in [0.1, 0.15) is 0 Å². The smallest absolute Gasteiger partial charge is 0.566 e. The van der Waals surface area contributed by atoms with Gasteiger partial charge in [-0.3, -0.25) is 0 Å². The van der Waals surface area contributed by atoms with Crippen LogP contribution in [0, 0.1) is 0 Å². The van der Waals surface area contributed by atoms with Crippen LogP contribution in [0.4, 0.5) is 79.0 Å². The summed E-state index contributed by atoms with van der Waals surface area (Å²) >= 11 is 0. The van der Waals surface area contributed by atoms with Gasteiger partial charge in [-0.2, -0.15) is 79.0 Å². The van der Waals surface area contributed by atoms with Gasteiger partial charge in [-0.15, -0.1) is 0 Å². The van der Waals surface area contributed by atoms with Gasteiger partial charge in [0.05, 0.1) is 0 Å². The van der Waals surface area contributed by atoms with Crippen molar-refractivity contribution in [2.24, 2.45) is 0 Å². The number of hydrogen-bond donors (Lipinski definition) is 0. The summed E-state index contributed by atoms with van der Waals surface area (Å²) in [5, 5.41) is 0. The van der Waals surface area contributed by atoms with Gasteiger partial charge in [0.15, 0.2) is 0 Å². The van der Waals surface area contributed by atoms with Gasteiger partial charge in [-0.25, -0.2) is 0 Å². The van der Waals surface area contributed by atoms with Gasteiger partial charge >= 0.3 is 114 Å². The zero-order chi connectivity index (χ0) is 28.6. The van der Waals surface area contributed by atoms with E-state index in [1.807, 2.05) is 0 Å². The van der Waals surface area contributed by atoms with E-state index in [0.29, 0.717) is 0 Å². The monoisotopic (exact) mass is 734 g/mol. The average molecular weight is 733 g/mol. The summed E-state index contributed by atoms with van der Waals surface area (Å²) in [7, 11) is -9.53. The minimum Gasteiger partial charge on any atom is -0.566 e. The van der Waals surface area contributed by atoms with Crippen molar-refractivity contribution in [2.45, 2.75) is 48.3 Å². The van der Waals surface area contributed by atoms with E-state index in [1.54, 1.807) is 0 Å². The Morgan fingerprint density at radius 2 is 0.600 bits per heavy atom. The van der Waals surface area contributed by atoms with Crippen LogP contribution in [0.25, 0.3) is 0 Å². The SMILES string of the molecule is O=[P+]([O-])OC(F)(F)C(F)(F)C(F)(F)C(F)(F)F.O=[P+]([O-])OC(F)(F)C(F)(F)C(F)(F)C(F)(F)F.[Ba+2]. The maximum atomic E-state index is 12.2. The first-order chi connectivity index (χ1) is 14.3. The predicted octanol–water partition coefficient (Wildman–Crippen LogP) is 4.51. The molecule has 0 bridgehead atoms. The van der Waals surface area contributed by atoms with E-state index in [0.717, 1.165) is 0 Å². The Bertz CT molecular complexity index is 688. The first kappa shape index (κ1) is 39.9. The molecule has 0 fully saturated rings. The number of hydrogen-bond acceptors (Lipinski definition) is 6. The molecule has 0 rings (SSSR count). The molecule has 0 radical (unpaired) electrons. The van der Waals surface area contributed by atoms with Crippen LogP contribution in [-0.4, -0.2) is 97.1 Å².